The smallest absolute Gasteiger partial charge is 0.00266 e. The zero-order valence-electron chi connectivity index (χ0n) is 20.9. The number of fused-ring (bicyclic) bond motifs is 2. The zero-order valence-corrected chi connectivity index (χ0v) is 21.8. The molecule has 0 unspecified atom stereocenters. The first kappa shape index (κ1) is 29.7. The SMILES string of the molecule is C.C=P(C)(C)CC.CC.CC.Cc1c2ccccc2c(-c2ccccc2)c2ccccc12. The van der Waals surface area contributed by atoms with Crippen LogP contribution in [0.4, 0.5) is 0 Å². The largest absolute Gasteiger partial charge is 0.118 e. The Bertz CT molecular complexity index is 1040. The number of hydrogen-bond donors (Lipinski definition) is 0. The standard InChI is InChI=1S/C21H16.C5H13P.2C2H6.CH4/c1-15-17-11-5-7-13-19(17)21(16-9-3-2-4-10-16)20-14-8-6-12-18(15)20;1-5-6(2,3)4;2*1-2;/h2-14H,1H3;2,5H2,1,3-4H3;2*1-2H3;1H4. The molecule has 0 atom stereocenters. The maximum atomic E-state index is 4.00. The van der Waals surface area contributed by atoms with Gasteiger partial charge in [-0.3, -0.25) is 0 Å². The van der Waals surface area contributed by atoms with E-state index < -0.39 is 6.89 Å². The van der Waals surface area contributed by atoms with E-state index in [0.29, 0.717) is 0 Å². The van der Waals surface area contributed by atoms with Crippen molar-refractivity contribution < 1.29 is 0 Å². The van der Waals surface area contributed by atoms with E-state index in [1.54, 1.807) is 0 Å². The molecule has 1 heteroatoms. The molecular weight excluding hydrogens is 403 g/mol. The summed E-state index contributed by atoms with van der Waals surface area (Å²) in [4.78, 5) is 0. The van der Waals surface area contributed by atoms with Gasteiger partial charge in [0.15, 0.2) is 0 Å². The topological polar surface area (TPSA) is 0 Å². The Hall–Kier alpha value is -2.30. The number of rotatable bonds is 2. The maximum absolute atomic E-state index is 4.00. The average Bonchev–Trinajstić information content (AvgIpc) is 2.83. The van der Waals surface area contributed by atoms with Gasteiger partial charge in [0, 0.05) is 0 Å². The van der Waals surface area contributed by atoms with Crippen molar-refractivity contribution in [2.45, 2.75) is 49.0 Å². The van der Waals surface area contributed by atoms with Crippen molar-refractivity contribution in [1.29, 1.82) is 0 Å². The lowest BCUT2D eigenvalue weighted by molar-refractivity contribution is 1.49. The van der Waals surface area contributed by atoms with Crippen LogP contribution < -0.4 is 0 Å². The molecule has 0 saturated carbocycles. The van der Waals surface area contributed by atoms with Gasteiger partial charge in [0.25, 0.3) is 0 Å². The average molecular weight is 449 g/mol. The molecule has 0 saturated heterocycles. The highest BCUT2D eigenvalue weighted by Crippen LogP contribution is 2.38. The molecule has 0 heterocycles. The summed E-state index contributed by atoms with van der Waals surface area (Å²) in [7, 11) is 0. The summed E-state index contributed by atoms with van der Waals surface area (Å²) in [6.45, 7) is 16.3. The maximum Gasteiger partial charge on any atom is -0.00266 e. The lowest BCUT2D eigenvalue weighted by Crippen LogP contribution is -1.88. The van der Waals surface area contributed by atoms with Crippen LogP contribution in [0.25, 0.3) is 32.7 Å². The summed E-state index contributed by atoms with van der Waals surface area (Å²) in [6.07, 6.45) is 5.27. The zero-order chi connectivity index (χ0) is 23.4. The van der Waals surface area contributed by atoms with E-state index in [1.165, 1.54) is 44.4 Å². The molecule has 174 valence electrons. The molecule has 0 spiro atoms. The van der Waals surface area contributed by atoms with Crippen molar-refractivity contribution in [3.8, 4) is 11.1 Å². The Balaban J connectivity index is 0.000000757. The summed E-state index contributed by atoms with van der Waals surface area (Å²) in [5.74, 6) is 0. The van der Waals surface area contributed by atoms with Crippen molar-refractivity contribution in [2.75, 3.05) is 19.5 Å². The van der Waals surface area contributed by atoms with Crippen molar-refractivity contribution >= 4 is 34.7 Å². The summed E-state index contributed by atoms with van der Waals surface area (Å²) in [5.41, 5.74) is 3.98. The van der Waals surface area contributed by atoms with Crippen molar-refractivity contribution in [2.24, 2.45) is 0 Å². The lowest BCUT2D eigenvalue weighted by atomic mass is 9.89. The van der Waals surface area contributed by atoms with Crippen LogP contribution in [-0.2, 0) is 0 Å². The highest BCUT2D eigenvalue weighted by atomic mass is 31.2. The second kappa shape index (κ2) is 14.7. The molecule has 0 aliphatic heterocycles. The summed E-state index contributed by atoms with van der Waals surface area (Å²) in [5, 5.41) is 5.35. The number of hydrogen-bond acceptors (Lipinski definition) is 0. The van der Waals surface area contributed by atoms with Gasteiger partial charge in [-0.2, -0.15) is 0 Å². The van der Waals surface area contributed by atoms with Crippen molar-refractivity contribution in [1.82, 2.24) is 0 Å². The van der Waals surface area contributed by atoms with Crippen LogP contribution >= 0.6 is 6.89 Å². The van der Waals surface area contributed by atoms with Gasteiger partial charge in [0.2, 0.25) is 0 Å². The third kappa shape index (κ3) is 7.68. The Labute approximate surface area is 198 Å². The molecule has 0 amide bonds. The van der Waals surface area contributed by atoms with Gasteiger partial charge < -0.3 is 0 Å². The van der Waals surface area contributed by atoms with E-state index in [0.717, 1.165) is 0 Å². The van der Waals surface area contributed by atoms with E-state index in [1.807, 2.05) is 27.7 Å². The quantitative estimate of drug-likeness (QED) is 0.211. The Morgan fingerprint density at radius 3 is 1.28 bits per heavy atom. The fraction of sp³-hybridized carbons (Fsp3) is 0.323. The summed E-state index contributed by atoms with van der Waals surface area (Å²) >= 11 is 0. The van der Waals surface area contributed by atoms with E-state index in [9.17, 15) is 0 Å². The van der Waals surface area contributed by atoms with Crippen LogP contribution in [0, 0.1) is 6.92 Å². The monoisotopic (exact) mass is 448 g/mol. The highest BCUT2D eigenvalue weighted by molar-refractivity contribution is 7.72. The fourth-order valence-electron chi connectivity index (χ4n) is 3.26. The molecule has 0 aliphatic rings. The van der Waals surface area contributed by atoms with Crippen molar-refractivity contribution in [3.63, 3.8) is 0 Å². The second-order valence-electron chi connectivity index (χ2n) is 7.71. The summed E-state index contributed by atoms with van der Waals surface area (Å²) < 4.78 is 0. The van der Waals surface area contributed by atoms with Gasteiger partial charge in [0.1, 0.15) is 0 Å². The van der Waals surface area contributed by atoms with Gasteiger partial charge in [-0.25, -0.2) is 0 Å². The first-order valence-corrected chi connectivity index (χ1v) is 14.6. The molecule has 0 aromatic heterocycles. The normalized spacial score (nSPS) is 9.88. The molecule has 0 fully saturated rings. The first-order chi connectivity index (χ1) is 14.9. The predicted octanol–water partition coefficient (Wildman–Crippen LogP) is 10.4. The first-order valence-electron chi connectivity index (χ1n) is 11.5. The van der Waals surface area contributed by atoms with Gasteiger partial charge >= 0.3 is 0 Å². The van der Waals surface area contributed by atoms with Crippen LogP contribution in [0.1, 0.15) is 47.6 Å². The molecule has 0 aliphatic carbocycles. The van der Waals surface area contributed by atoms with E-state index >= 15 is 0 Å². The van der Waals surface area contributed by atoms with Crippen LogP contribution in [0.3, 0.4) is 0 Å². The van der Waals surface area contributed by atoms with Gasteiger partial charge in [-0.15, -0.1) is 13.2 Å². The minimum Gasteiger partial charge on any atom is -0.118 e. The number of aryl methyl sites for hydroxylation is 1. The third-order valence-corrected chi connectivity index (χ3v) is 6.83. The van der Waals surface area contributed by atoms with Crippen LogP contribution in [-0.4, -0.2) is 25.8 Å². The molecule has 32 heavy (non-hydrogen) atoms. The van der Waals surface area contributed by atoms with Gasteiger partial charge in [-0.05, 0) is 64.7 Å². The highest BCUT2D eigenvalue weighted by Gasteiger charge is 2.11. The van der Waals surface area contributed by atoms with Gasteiger partial charge in [0.05, 0.1) is 0 Å². The Morgan fingerprint density at radius 2 is 0.938 bits per heavy atom. The summed E-state index contributed by atoms with van der Waals surface area (Å²) in [6, 6.07) is 28.1. The minimum atomic E-state index is -0.647. The molecule has 4 aromatic carbocycles. The third-order valence-electron chi connectivity index (χ3n) is 5.12. The van der Waals surface area contributed by atoms with Crippen molar-refractivity contribution in [3.05, 3.63) is 84.4 Å². The van der Waals surface area contributed by atoms with Crippen LogP contribution in [0.5, 0.6) is 0 Å². The predicted molar refractivity (Wildman–Crippen MR) is 157 cm³/mol. The van der Waals surface area contributed by atoms with Gasteiger partial charge in [-0.1, -0.05) is 121 Å². The molecule has 0 nitrogen and oxygen atoms in total. The minimum absolute atomic E-state index is 0. The molecule has 0 radical (unpaired) electrons. The van der Waals surface area contributed by atoms with E-state index in [-0.39, 0.29) is 7.43 Å². The number of benzene rings is 4. The molecular formula is C31H45P. The van der Waals surface area contributed by atoms with Crippen LogP contribution in [0.2, 0.25) is 0 Å². The Kier molecular flexibility index (Phi) is 13.6. The molecule has 4 aromatic rings. The van der Waals surface area contributed by atoms with E-state index in [2.05, 4.69) is 112 Å². The molecule has 4 rings (SSSR count). The Morgan fingerprint density at radius 1 is 0.625 bits per heavy atom. The molecule has 0 N–H and O–H groups in total. The van der Waals surface area contributed by atoms with Crippen LogP contribution in [0.15, 0.2) is 78.9 Å². The second-order valence-corrected chi connectivity index (χ2v) is 12.2. The molecule has 0 bridgehead atoms. The van der Waals surface area contributed by atoms with E-state index in [4.69, 9.17) is 0 Å². The lowest BCUT2D eigenvalue weighted by Gasteiger charge is -2.15. The fourth-order valence-corrected chi connectivity index (χ4v) is 3.26.